The zero-order chi connectivity index (χ0) is 17.5. The van der Waals surface area contributed by atoms with Crippen molar-refractivity contribution in [1.29, 1.82) is 0 Å². The topological polar surface area (TPSA) is 32.7 Å². The minimum Gasteiger partial charge on any atom is -0.508 e. The van der Waals surface area contributed by atoms with Crippen molar-refractivity contribution in [2.45, 2.75) is 13.1 Å². The van der Waals surface area contributed by atoms with Crippen LogP contribution in [-0.2, 0) is 13.1 Å². The Balaban J connectivity index is 1.48. The molecule has 5 rings (SSSR count). The summed E-state index contributed by atoms with van der Waals surface area (Å²) >= 11 is 0. The summed E-state index contributed by atoms with van der Waals surface area (Å²) in [4.78, 5) is 2.22. The Bertz CT molecular complexity index is 1120. The first-order valence-electron chi connectivity index (χ1n) is 8.84. The summed E-state index contributed by atoms with van der Waals surface area (Å²) < 4.78 is 5.99. The van der Waals surface area contributed by atoms with E-state index in [1.807, 2.05) is 24.3 Å². The molecule has 0 spiro atoms. The van der Waals surface area contributed by atoms with Crippen LogP contribution >= 0.6 is 0 Å². The third-order valence-electron chi connectivity index (χ3n) is 5.12. The molecule has 0 amide bonds. The van der Waals surface area contributed by atoms with Gasteiger partial charge in [-0.05, 0) is 39.7 Å². The van der Waals surface area contributed by atoms with Gasteiger partial charge in [0.1, 0.15) is 18.2 Å². The Morgan fingerprint density at radius 1 is 0.846 bits per heavy atom. The molecule has 0 radical (unpaired) electrons. The van der Waals surface area contributed by atoms with Crippen molar-refractivity contribution in [3.8, 4) is 11.5 Å². The fourth-order valence-electron chi connectivity index (χ4n) is 3.79. The van der Waals surface area contributed by atoms with E-state index in [1.165, 1.54) is 16.3 Å². The van der Waals surface area contributed by atoms with Gasteiger partial charge in [0.25, 0.3) is 0 Å². The molecule has 0 bridgehead atoms. The van der Waals surface area contributed by atoms with E-state index in [0.29, 0.717) is 19.0 Å². The van der Waals surface area contributed by atoms with Gasteiger partial charge in [-0.1, -0.05) is 54.6 Å². The Morgan fingerprint density at radius 3 is 2.42 bits per heavy atom. The second kappa shape index (κ2) is 6.04. The summed E-state index contributed by atoms with van der Waals surface area (Å²) in [6.07, 6.45) is 0. The molecule has 26 heavy (non-hydrogen) atoms. The first-order chi connectivity index (χ1) is 12.8. The normalized spacial score (nSPS) is 14.3. The number of phenolic OH excluding ortho intramolecular Hbond substituents is 1. The second-order valence-corrected chi connectivity index (χ2v) is 6.85. The Morgan fingerprint density at radius 2 is 1.58 bits per heavy atom. The first kappa shape index (κ1) is 15.2. The van der Waals surface area contributed by atoms with Crippen LogP contribution in [0.2, 0.25) is 0 Å². The molecule has 0 saturated heterocycles. The van der Waals surface area contributed by atoms with Crippen LogP contribution in [0.15, 0.2) is 72.8 Å². The molecule has 0 unspecified atom stereocenters. The van der Waals surface area contributed by atoms with Crippen molar-refractivity contribution < 1.29 is 9.84 Å². The fraction of sp³-hybridized carbons (Fsp3) is 0.130. The number of aromatic hydroxyl groups is 1. The first-order valence-corrected chi connectivity index (χ1v) is 8.84. The summed E-state index contributed by atoms with van der Waals surface area (Å²) in [5.74, 6) is 1.30. The van der Waals surface area contributed by atoms with E-state index in [9.17, 15) is 5.11 Å². The number of fused-ring (bicyclic) bond motifs is 4. The van der Waals surface area contributed by atoms with Gasteiger partial charge in [0, 0.05) is 24.2 Å². The number of ether oxygens (including phenoxy) is 1. The average molecular weight is 341 g/mol. The molecular formula is C23H19NO2. The molecule has 3 nitrogen and oxygen atoms in total. The van der Waals surface area contributed by atoms with Crippen LogP contribution < -0.4 is 4.74 Å². The Hall–Kier alpha value is -3.04. The minimum atomic E-state index is 0.340. The second-order valence-electron chi connectivity index (χ2n) is 6.85. The third-order valence-corrected chi connectivity index (χ3v) is 5.12. The zero-order valence-corrected chi connectivity index (χ0v) is 14.4. The number of phenols is 1. The lowest BCUT2D eigenvalue weighted by atomic mass is 10.0. The number of benzene rings is 4. The molecule has 4 aromatic rings. The van der Waals surface area contributed by atoms with Crippen LogP contribution in [0.1, 0.15) is 11.1 Å². The standard InChI is InChI=1S/C23H19NO2/c25-22-12-18-7-2-1-6-17(18)11-19(22)13-24-14-21-20-8-4-3-5-16(20)9-10-23(21)26-15-24/h1-12,25H,13-15H2. The van der Waals surface area contributed by atoms with E-state index in [0.717, 1.165) is 28.6 Å². The van der Waals surface area contributed by atoms with Crippen LogP contribution in [0.4, 0.5) is 0 Å². The number of nitrogens with zero attached hydrogens (tertiary/aromatic N) is 1. The van der Waals surface area contributed by atoms with Gasteiger partial charge in [-0.2, -0.15) is 0 Å². The van der Waals surface area contributed by atoms with Gasteiger partial charge < -0.3 is 9.84 Å². The maximum Gasteiger partial charge on any atom is 0.142 e. The van der Waals surface area contributed by atoms with E-state index >= 15 is 0 Å². The SMILES string of the molecule is Oc1cc2ccccc2cc1CN1COc2ccc3ccccc3c2C1. The molecule has 0 fully saturated rings. The molecule has 1 N–H and O–H groups in total. The lowest BCUT2D eigenvalue weighted by molar-refractivity contribution is 0.0890. The van der Waals surface area contributed by atoms with Gasteiger partial charge in [-0.15, -0.1) is 0 Å². The lowest BCUT2D eigenvalue weighted by Gasteiger charge is -2.30. The Labute approximate surface area is 152 Å². The Kier molecular flexibility index (Phi) is 3.54. The molecule has 1 aliphatic rings. The van der Waals surface area contributed by atoms with Crippen LogP contribution in [0.5, 0.6) is 11.5 Å². The summed E-state index contributed by atoms with van der Waals surface area (Å²) in [6, 6.07) is 24.6. The predicted octanol–water partition coefficient (Wildman–Crippen LogP) is 5.05. The van der Waals surface area contributed by atoms with Crippen LogP contribution in [0.25, 0.3) is 21.5 Å². The minimum absolute atomic E-state index is 0.340. The van der Waals surface area contributed by atoms with Gasteiger partial charge in [0.2, 0.25) is 0 Å². The molecule has 1 heterocycles. The number of hydrogen-bond donors (Lipinski definition) is 1. The zero-order valence-electron chi connectivity index (χ0n) is 14.4. The van der Waals surface area contributed by atoms with Crippen LogP contribution in [-0.4, -0.2) is 16.7 Å². The summed E-state index contributed by atoms with van der Waals surface area (Å²) in [5, 5.41) is 15.1. The highest BCUT2D eigenvalue weighted by Crippen LogP contribution is 2.34. The molecule has 3 heteroatoms. The van der Waals surface area contributed by atoms with Crippen LogP contribution in [0, 0.1) is 0 Å². The maximum absolute atomic E-state index is 10.4. The molecular weight excluding hydrogens is 322 g/mol. The van der Waals surface area contributed by atoms with Gasteiger partial charge in [0.05, 0.1) is 0 Å². The van der Waals surface area contributed by atoms with Crippen molar-refractivity contribution in [2.24, 2.45) is 0 Å². The van der Waals surface area contributed by atoms with Crippen molar-refractivity contribution in [2.75, 3.05) is 6.73 Å². The summed E-state index contributed by atoms with van der Waals surface area (Å²) in [7, 11) is 0. The molecule has 0 saturated carbocycles. The van der Waals surface area contributed by atoms with E-state index in [-0.39, 0.29) is 0 Å². The predicted molar refractivity (Wildman–Crippen MR) is 104 cm³/mol. The largest absolute Gasteiger partial charge is 0.508 e. The molecule has 128 valence electrons. The van der Waals surface area contributed by atoms with E-state index < -0.39 is 0 Å². The van der Waals surface area contributed by atoms with Crippen molar-refractivity contribution in [3.63, 3.8) is 0 Å². The summed E-state index contributed by atoms with van der Waals surface area (Å²) in [5.41, 5.74) is 2.14. The van der Waals surface area contributed by atoms with Crippen molar-refractivity contribution in [3.05, 3.63) is 83.9 Å². The monoisotopic (exact) mass is 341 g/mol. The van der Waals surface area contributed by atoms with Gasteiger partial charge >= 0.3 is 0 Å². The van der Waals surface area contributed by atoms with E-state index in [4.69, 9.17) is 4.74 Å². The maximum atomic E-state index is 10.4. The summed E-state index contributed by atoms with van der Waals surface area (Å²) in [6.45, 7) is 1.99. The molecule has 4 aromatic carbocycles. The van der Waals surface area contributed by atoms with Gasteiger partial charge in [-0.25, -0.2) is 0 Å². The van der Waals surface area contributed by atoms with Crippen LogP contribution in [0.3, 0.4) is 0 Å². The highest BCUT2D eigenvalue weighted by Gasteiger charge is 2.20. The molecule has 0 aromatic heterocycles. The highest BCUT2D eigenvalue weighted by molar-refractivity contribution is 5.88. The van der Waals surface area contributed by atoms with E-state index in [1.54, 1.807) is 0 Å². The fourth-order valence-corrected chi connectivity index (χ4v) is 3.79. The smallest absolute Gasteiger partial charge is 0.142 e. The molecule has 0 atom stereocenters. The highest BCUT2D eigenvalue weighted by atomic mass is 16.5. The molecule has 0 aliphatic carbocycles. The van der Waals surface area contributed by atoms with Gasteiger partial charge in [0.15, 0.2) is 0 Å². The number of rotatable bonds is 2. The lowest BCUT2D eigenvalue weighted by Crippen LogP contribution is -2.31. The quantitative estimate of drug-likeness (QED) is 0.554. The van der Waals surface area contributed by atoms with E-state index in [2.05, 4.69) is 53.4 Å². The average Bonchev–Trinajstić information content (AvgIpc) is 2.68. The van der Waals surface area contributed by atoms with Gasteiger partial charge in [-0.3, -0.25) is 4.90 Å². The third kappa shape index (κ3) is 2.57. The number of hydrogen-bond acceptors (Lipinski definition) is 3. The van der Waals surface area contributed by atoms with Crippen molar-refractivity contribution in [1.82, 2.24) is 4.90 Å². The van der Waals surface area contributed by atoms with Crippen molar-refractivity contribution >= 4 is 21.5 Å². The molecule has 1 aliphatic heterocycles.